The van der Waals surface area contributed by atoms with E-state index in [-0.39, 0.29) is 6.04 Å². The van der Waals surface area contributed by atoms with E-state index in [2.05, 4.69) is 5.32 Å². The number of primary amides is 1. The van der Waals surface area contributed by atoms with E-state index in [4.69, 9.17) is 10.5 Å². The molecule has 1 aromatic carbocycles. The molecular weight excluding hydrogens is 192 g/mol. The van der Waals surface area contributed by atoms with Gasteiger partial charge in [-0.15, -0.1) is 0 Å². The van der Waals surface area contributed by atoms with Gasteiger partial charge in [0.05, 0.1) is 19.3 Å². The lowest BCUT2D eigenvalue weighted by Crippen LogP contribution is -2.39. The third-order valence-corrected chi connectivity index (χ3v) is 1.87. The molecule has 1 aromatic rings. The van der Waals surface area contributed by atoms with E-state index in [1.165, 1.54) is 0 Å². The minimum absolute atomic E-state index is 0.0637. The van der Waals surface area contributed by atoms with Crippen LogP contribution in [0.15, 0.2) is 30.3 Å². The van der Waals surface area contributed by atoms with Crippen LogP contribution in [0.25, 0.3) is 0 Å². The normalized spacial score (nSPS) is 12.1. The molecule has 0 aromatic heterocycles. The predicted octanol–water partition coefficient (Wildman–Crippen LogP) is 1.26. The van der Waals surface area contributed by atoms with E-state index in [1.807, 2.05) is 37.3 Å². The van der Waals surface area contributed by atoms with Crippen molar-refractivity contribution in [2.45, 2.75) is 19.6 Å². The van der Waals surface area contributed by atoms with Crippen LogP contribution in [0.1, 0.15) is 12.5 Å². The third kappa shape index (κ3) is 5.02. The summed E-state index contributed by atoms with van der Waals surface area (Å²) >= 11 is 0. The maximum absolute atomic E-state index is 10.5. The number of nitrogens with one attached hydrogen (secondary N) is 1. The average Bonchev–Trinajstić information content (AvgIpc) is 2.18. The number of carbonyl (C=O) groups is 1. The molecule has 1 atom stereocenters. The van der Waals surface area contributed by atoms with Crippen LogP contribution >= 0.6 is 0 Å². The smallest absolute Gasteiger partial charge is 0.312 e. The van der Waals surface area contributed by atoms with Crippen LogP contribution < -0.4 is 11.1 Å². The topological polar surface area (TPSA) is 64.3 Å². The third-order valence-electron chi connectivity index (χ3n) is 1.87. The van der Waals surface area contributed by atoms with Crippen molar-refractivity contribution < 1.29 is 9.53 Å². The molecule has 0 saturated carbocycles. The highest BCUT2D eigenvalue weighted by molar-refractivity contribution is 5.71. The minimum atomic E-state index is -0.522. The number of benzene rings is 1. The Morgan fingerprint density at radius 1 is 1.47 bits per heavy atom. The summed E-state index contributed by atoms with van der Waals surface area (Å²) in [6.07, 6.45) is 0. The Morgan fingerprint density at radius 3 is 2.73 bits per heavy atom. The Hall–Kier alpha value is -1.55. The highest BCUT2D eigenvalue weighted by atomic mass is 16.5. The molecule has 0 unspecified atom stereocenters. The molecule has 0 fully saturated rings. The van der Waals surface area contributed by atoms with Crippen molar-refractivity contribution in [2.75, 3.05) is 6.61 Å². The van der Waals surface area contributed by atoms with Gasteiger partial charge < -0.3 is 15.8 Å². The summed E-state index contributed by atoms with van der Waals surface area (Å²) in [6, 6.07) is 9.28. The molecule has 0 aliphatic heterocycles. The molecule has 0 aliphatic rings. The number of urea groups is 1. The first kappa shape index (κ1) is 11.5. The van der Waals surface area contributed by atoms with Crippen molar-refractivity contribution in [1.82, 2.24) is 5.32 Å². The van der Waals surface area contributed by atoms with E-state index < -0.39 is 6.03 Å². The number of nitrogens with two attached hydrogens (primary N) is 1. The molecule has 0 aliphatic carbocycles. The summed E-state index contributed by atoms with van der Waals surface area (Å²) in [4.78, 5) is 10.5. The largest absolute Gasteiger partial charge is 0.375 e. The van der Waals surface area contributed by atoms with Crippen LogP contribution in [-0.2, 0) is 11.3 Å². The molecule has 0 radical (unpaired) electrons. The van der Waals surface area contributed by atoms with Crippen molar-refractivity contribution in [1.29, 1.82) is 0 Å². The molecule has 0 bridgehead atoms. The highest BCUT2D eigenvalue weighted by Gasteiger charge is 2.03. The maximum Gasteiger partial charge on any atom is 0.312 e. The van der Waals surface area contributed by atoms with Gasteiger partial charge in [0.2, 0.25) is 0 Å². The number of carbonyl (C=O) groups excluding carboxylic acids is 1. The predicted molar refractivity (Wildman–Crippen MR) is 58.3 cm³/mol. The zero-order valence-corrected chi connectivity index (χ0v) is 8.77. The number of amides is 2. The zero-order valence-electron chi connectivity index (χ0n) is 8.77. The fourth-order valence-electron chi connectivity index (χ4n) is 1.21. The fraction of sp³-hybridized carbons (Fsp3) is 0.364. The summed E-state index contributed by atoms with van der Waals surface area (Å²) in [7, 11) is 0. The second-order valence-electron chi connectivity index (χ2n) is 3.41. The Kier molecular flexibility index (Phi) is 4.63. The quantitative estimate of drug-likeness (QED) is 0.765. The summed E-state index contributed by atoms with van der Waals surface area (Å²) in [5.41, 5.74) is 6.09. The van der Waals surface area contributed by atoms with Crippen molar-refractivity contribution in [3.8, 4) is 0 Å². The van der Waals surface area contributed by atoms with Crippen LogP contribution in [-0.4, -0.2) is 18.7 Å². The fourth-order valence-corrected chi connectivity index (χ4v) is 1.21. The van der Waals surface area contributed by atoms with Crippen molar-refractivity contribution in [3.63, 3.8) is 0 Å². The molecule has 0 heterocycles. The van der Waals surface area contributed by atoms with Gasteiger partial charge in [0.15, 0.2) is 0 Å². The number of hydrogen-bond donors (Lipinski definition) is 2. The molecule has 0 spiro atoms. The van der Waals surface area contributed by atoms with Gasteiger partial charge in [-0.25, -0.2) is 4.79 Å². The maximum atomic E-state index is 10.5. The lowest BCUT2D eigenvalue weighted by molar-refractivity contribution is 0.105. The Bertz CT molecular complexity index is 301. The van der Waals surface area contributed by atoms with Gasteiger partial charge in [-0.3, -0.25) is 0 Å². The van der Waals surface area contributed by atoms with E-state index in [0.717, 1.165) is 5.56 Å². The van der Waals surface area contributed by atoms with Gasteiger partial charge >= 0.3 is 6.03 Å². The van der Waals surface area contributed by atoms with Crippen molar-refractivity contribution in [3.05, 3.63) is 35.9 Å². The van der Waals surface area contributed by atoms with Crippen LogP contribution in [0.3, 0.4) is 0 Å². The molecule has 4 heteroatoms. The monoisotopic (exact) mass is 208 g/mol. The molecule has 15 heavy (non-hydrogen) atoms. The lowest BCUT2D eigenvalue weighted by atomic mass is 10.2. The standard InChI is InChI=1S/C11H16N2O2/c1-9(13-11(12)14)7-15-8-10-5-3-2-4-6-10/h2-6,9H,7-8H2,1H3,(H3,12,13,14)/t9-/m1/s1. The van der Waals surface area contributed by atoms with Crippen molar-refractivity contribution in [2.24, 2.45) is 5.73 Å². The molecule has 4 nitrogen and oxygen atoms in total. The summed E-state index contributed by atoms with van der Waals surface area (Å²) in [6.45, 7) is 2.85. The first-order valence-electron chi connectivity index (χ1n) is 4.86. The van der Waals surface area contributed by atoms with Gasteiger partial charge in [0.25, 0.3) is 0 Å². The van der Waals surface area contributed by atoms with Crippen LogP contribution in [0.2, 0.25) is 0 Å². The van der Waals surface area contributed by atoms with Crippen molar-refractivity contribution >= 4 is 6.03 Å². The van der Waals surface area contributed by atoms with Gasteiger partial charge in [-0.1, -0.05) is 30.3 Å². The SMILES string of the molecule is C[C@H](COCc1ccccc1)NC(N)=O. The Morgan fingerprint density at radius 2 is 2.13 bits per heavy atom. The van der Waals surface area contributed by atoms with Crippen LogP contribution in [0, 0.1) is 0 Å². The Labute approximate surface area is 89.4 Å². The first-order valence-corrected chi connectivity index (χ1v) is 4.86. The van der Waals surface area contributed by atoms with Crippen LogP contribution in [0.5, 0.6) is 0 Å². The second-order valence-corrected chi connectivity index (χ2v) is 3.41. The molecule has 82 valence electrons. The minimum Gasteiger partial charge on any atom is -0.375 e. The number of hydrogen-bond acceptors (Lipinski definition) is 2. The first-order chi connectivity index (χ1) is 7.18. The van der Waals surface area contributed by atoms with E-state index >= 15 is 0 Å². The summed E-state index contributed by atoms with van der Waals surface area (Å²) in [5.74, 6) is 0. The molecule has 0 saturated heterocycles. The van der Waals surface area contributed by atoms with E-state index in [9.17, 15) is 4.79 Å². The number of ether oxygens (including phenoxy) is 1. The van der Waals surface area contributed by atoms with E-state index in [1.54, 1.807) is 0 Å². The summed E-state index contributed by atoms with van der Waals surface area (Å²) in [5, 5.41) is 2.54. The molecule has 3 N–H and O–H groups in total. The van der Waals surface area contributed by atoms with E-state index in [0.29, 0.717) is 13.2 Å². The average molecular weight is 208 g/mol. The lowest BCUT2D eigenvalue weighted by Gasteiger charge is -2.12. The summed E-state index contributed by atoms with van der Waals surface area (Å²) < 4.78 is 5.41. The Balaban J connectivity index is 2.19. The molecular formula is C11H16N2O2. The van der Waals surface area contributed by atoms with Gasteiger partial charge in [-0.2, -0.15) is 0 Å². The van der Waals surface area contributed by atoms with Gasteiger partial charge in [-0.05, 0) is 12.5 Å². The molecule has 1 rings (SSSR count). The van der Waals surface area contributed by atoms with Crippen LogP contribution in [0.4, 0.5) is 4.79 Å². The molecule has 2 amide bonds. The second kappa shape index (κ2) is 6.03. The zero-order chi connectivity index (χ0) is 11.1. The highest BCUT2D eigenvalue weighted by Crippen LogP contribution is 2.00. The van der Waals surface area contributed by atoms with Gasteiger partial charge in [0.1, 0.15) is 0 Å². The number of rotatable bonds is 5. The van der Waals surface area contributed by atoms with Gasteiger partial charge in [0, 0.05) is 0 Å².